The molecule has 0 fully saturated rings. The van der Waals surface area contributed by atoms with E-state index in [1.807, 2.05) is 0 Å². The van der Waals surface area contributed by atoms with E-state index in [-0.39, 0.29) is 20.3 Å². The van der Waals surface area contributed by atoms with Crippen molar-refractivity contribution in [3.63, 3.8) is 0 Å². The summed E-state index contributed by atoms with van der Waals surface area (Å²) in [5, 5.41) is 3.06. The molecule has 0 aromatic carbocycles. The van der Waals surface area contributed by atoms with E-state index in [0.29, 0.717) is 0 Å². The van der Waals surface area contributed by atoms with Crippen molar-refractivity contribution >= 4 is 9.04 Å². The number of allylic oxidation sites excluding steroid dienone is 8. The Morgan fingerprint density at radius 1 is 1.20 bits per heavy atom. The van der Waals surface area contributed by atoms with Crippen molar-refractivity contribution in [2.45, 2.75) is 19.8 Å². The molecule has 2 rings (SSSR count). The second kappa shape index (κ2) is 6.35. The summed E-state index contributed by atoms with van der Waals surface area (Å²) in [5.74, 6) is 0. The molecule has 0 unspecified atom stereocenters. The standard InChI is InChI=1S/C12H16OSi.Li.H/c1-2-13-14(11-7-3-4-8-11)12-9-5-6-10-12;;/h3-7,9,14H,2,8,10H2,1H3;;/q;+1;-1. The molecule has 0 amide bonds. The first-order chi connectivity index (χ1) is 6.92. The summed E-state index contributed by atoms with van der Waals surface area (Å²) in [7, 11) is -1.24. The van der Waals surface area contributed by atoms with Crippen LogP contribution in [-0.4, -0.2) is 15.6 Å². The van der Waals surface area contributed by atoms with Gasteiger partial charge in [0.2, 0.25) is 9.04 Å². The predicted octanol–water partition coefficient (Wildman–Crippen LogP) is -0.286. The molecule has 0 aliphatic heterocycles. The van der Waals surface area contributed by atoms with Crippen molar-refractivity contribution in [2.75, 3.05) is 6.61 Å². The third kappa shape index (κ3) is 3.09. The summed E-state index contributed by atoms with van der Waals surface area (Å²) in [5.41, 5.74) is 0. The van der Waals surface area contributed by atoms with E-state index in [1.165, 1.54) is 10.4 Å². The van der Waals surface area contributed by atoms with Gasteiger partial charge in [-0.1, -0.05) is 36.5 Å². The summed E-state index contributed by atoms with van der Waals surface area (Å²) in [6, 6.07) is 0. The van der Waals surface area contributed by atoms with Gasteiger partial charge in [-0.15, -0.1) is 0 Å². The molecular weight excluding hydrogens is 195 g/mol. The molecule has 0 radical (unpaired) electrons. The van der Waals surface area contributed by atoms with Gasteiger partial charge >= 0.3 is 18.9 Å². The molecule has 0 aromatic rings. The molecule has 0 atom stereocenters. The van der Waals surface area contributed by atoms with E-state index < -0.39 is 9.04 Å². The van der Waals surface area contributed by atoms with Gasteiger partial charge in [0.25, 0.3) is 0 Å². The van der Waals surface area contributed by atoms with Crippen LogP contribution in [0.25, 0.3) is 0 Å². The van der Waals surface area contributed by atoms with Crippen LogP contribution in [0, 0.1) is 0 Å². The average molecular weight is 212 g/mol. The molecule has 1 nitrogen and oxygen atoms in total. The van der Waals surface area contributed by atoms with Crippen LogP contribution < -0.4 is 18.9 Å². The average Bonchev–Trinajstić information content (AvgIpc) is 2.87. The Balaban J connectivity index is 0.00000112. The van der Waals surface area contributed by atoms with Crippen molar-refractivity contribution in [1.29, 1.82) is 0 Å². The van der Waals surface area contributed by atoms with Gasteiger partial charge in [0.15, 0.2) is 0 Å². The van der Waals surface area contributed by atoms with Crippen molar-refractivity contribution < 1.29 is 24.7 Å². The zero-order chi connectivity index (χ0) is 9.80. The summed E-state index contributed by atoms with van der Waals surface area (Å²) < 4.78 is 5.93. The fourth-order valence-electron chi connectivity index (χ4n) is 1.94. The molecule has 0 bridgehead atoms. The maximum Gasteiger partial charge on any atom is 1.00 e. The molecule has 0 heterocycles. The minimum absolute atomic E-state index is 0. The molecule has 0 saturated carbocycles. The first-order valence-electron chi connectivity index (χ1n) is 5.24. The quantitative estimate of drug-likeness (QED) is 0.582. The second-order valence-electron chi connectivity index (χ2n) is 3.58. The van der Waals surface area contributed by atoms with E-state index in [4.69, 9.17) is 4.43 Å². The molecule has 0 spiro atoms. The maximum atomic E-state index is 5.93. The van der Waals surface area contributed by atoms with Crippen LogP contribution in [0.1, 0.15) is 21.2 Å². The van der Waals surface area contributed by atoms with Gasteiger partial charge in [-0.05, 0) is 30.2 Å². The van der Waals surface area contributed by atoms with Crippen molar-refractivity contribution in [3.8, 4) is 0 Å². The van der Waals surface area contributed by atoms with Crippen molar-refractivity contribution in [2.24, 2.45) is 0 Å². The zero-order valence-corrected chi connectivity index (χ0v) is 10.7. The van der Waals surface area contributed by atoms with Gasteiger partial charge in [0.05, 0.1) is 0 Å². The van der Waals surface area contributed by atoms with Crippen molar-refractivity contribution in [1.82, 2.24) is 0 Å². The van der Waals surface area contributed by atoms with Gasteiger partial charge in [0.1, 0.15) is 0 Å². The molecule has 3 heteroatoms. The molecule has 2 aliphatic carbocycles. The first kappa shape index (κ1) is 12.8. The molecule has 15 heavy (non-hydrogen) atoms. The molecule has 0 aromatic heterocycles. The number of hydrogen-bond acceptors (Lipinski definition) is 1. The smallest absolute Gasteiger partial charge is 1.00 e. The summed E-state index contributed by atoms with van der Waals surface area (Å²) in [6.07, 6.45) is 15.4. The topological polar surface area (TPSA) is 9.23 Å². The first-order valence-corrected chi connectivity index (χ1v) is 6.87. The Morgan fingerprint density at radius 3 is 2.07 bits per heavy atom. The summed E-state index contributed by atoms with van der Waals surface area (Å²) in [4.78, 5) is 0. The summed E-state index contributed by atoms with van der Waals surface area (Å²) >= 11 is 0. The molecule has 0 saturated heterocycles. The van der Waals surface area contributed by atoms with E-state index in [9.17, 15) is 0 Å². The minimum atomic E-state index is -1.24. The van der Waals surface area contributed by atoms with Crippen LogP contribution in [0.2, 0.25) is 0 Å². The SMILES string of the molecule is CCO[SiH](C1=CC=CC1)C1=CC=CC1.[H-].[Li+]. The number of hydrogen-bond donors (Lipinski definition) is 0. The van der Waals surface area contributed by atoms with Crippen LogP contribution in [-0.2, 0) is 4.43 Å². The third-order valence-electron chi connectivity index (χ3n) is 2.61. The van der Waals surface area contributed by atoms with Gasteiger partial charge in [-0.25, -0.2) is 0 Å². The van der Waals surface area contributed by atoms with Gasteiger partial charge < -0.3 is 5.85 Å². The van der Waals surface area contributed by atoms with Crippen LogP contribution in [0.4, 0.5) is 0 Å². The Labute approximate surface area is 107 Å². The van der Waals surface area contributed by atoms with E-state index >= 15 is 0 Å². The van der Waals surface area contributed by atoms with E-state index in [0.717, 1.165) is 19.4 Å². The maximum absolute atomic E-state index is 5.93. The predicted molar refractivity (Wildman–Crippen MR) is 63.6 cm³/mol. The fourth-order valence-corrected chi connectivity index (χ4v) is 4.45. The summed E-state index contributed by atoms with van der Waals surface area (Å²) in [6.45, 7) is 2.93. The number of rotatable bonds is 4. The molecule has 76 valence electrons. The monoisotopic (exact) mass is 212 g/mol. The largest absolute Gasteiger partial charge is 1.00 e. The fraction of sp³-hybridized carbons (Fsp3) is 0.333. The molecule has 0 N–H and O–H groups in total. The normalized spacial score (nSPS) is 18.0. The van der Waals surface area contributed by atoms with Crippen LogP contribution in [0.3, 0.4) is 0 Å². The van der Waals surface area contributed by atoms with Gasteiger partial charge in [-0.3, -0.25) is 0 Å². The van der Waals surface area contributed by atoms with Crippen molar-refractivity contribution in [3.05, 3.63) is 46.8 Å². The van der Waals surface area contributed by atoms with Crippen LogP contribution in [0.15, 0.2) is 46.8 Å². The van der Waals surface area contributed by atoms with Gasteiger partial charge in [0, 0.05) is 6.61 Å². The van der Waals surface area contributed by atoms with Gasteiger partial charge in [-0.2, -0.15) is 0 Å². The molecular formula is C12H17LiOSi. The Morgan fingerprint density at radius 2 is 1.73 bits per heavy atom. The third-order valence-corrected chi connectivity index (χ3v) is 5.48. The second-order valence-corrected chi connectivity index (χ2v) is 6.16. The Hall–Kier alpha value is -0.266. The minimum Gasteiger partial charge on any atom is -1.00 e. The Bertz CT molecular complexity index is 304. The van der Waals surface area contributed by atoms with Crippen LogP contribution in [0.5, 0.6) is 0 Å². The Kier molecular flexibility index (Phi) is 5.42. The van der Waals surface area contributed by atoms with E-state index in [2.05, 4.69) is 43.4 Å². The zero-order valence-electron chi connectivity index (χ0n) is 10.6. The molecule has 2 aliphatic rings. The van der Waals surface area contributed by atoms with Crippen LogP contribution >= 0.6 is 0 Å². The van der Waals surface area contributed by atoms with E-state index in [1.54, 1.807) is 0 Å².